The number of para-hydroxylation sites is 1. The van der Waals surface area contributed by atoms with Crippen molar-refractivity contribution in [3.8, 4) is 6.07 Å². The first-order chi connectivity index (χ1) is 19.9. The summed E-state index contributed by atoms with van der Waals surface area (Å²) in [7, 11) is -3.57. The summed E-state index contributed by atoms with van der Waals surface area (Å²) in [6.45, 7) is 10.1. The molecule has 1 aromatic heterocycles. The Balaban J connectivity index is 1.90. The fourth-order valence-corrected chi connectivity index (χ4v) is 5.40. The second-order valence-corrected chi connectivity index (χ2v) is 13.0. The van der Waals surface area contributed by atoms with Gasteiger partial charge in [-0.25, -0.2) is 13.4 Å². The molecule has 0 amide bonds. The molecule has 12 heteroatoms. The van der Waals surface area contributed by atoms with Gasteiger partial charge in [-0.1, -0.05) is 18.2 Å². The molecule has 0 bridgehead atoms. The first-order valence-corrected chi connectivity index (χ1v) is 15.3. The van der Waals surface area contributed by atoms with Gasteiger partial charge in [0.2, 0.25) is 0 Å². The number of aromatic nitrogens is 1. The number of hydrogen-bond acceptors (Lipinski definition) is 11. The van der Waals surface area contributed by atoms with E-state index in [1.165, 1.54) is 12.1 Å². The first-order valence-electron chi connectivity index (χ1n) is 13.6. The molecule has 224 valence electrons. The highest BCUT2D eigenvalue weighted by atomic mass is 32.2. The summed E-state index contributed by atoms with van der Waals surface area (Å²) < 4.78 is 26.0. The SMILES string of the molecule is Cc1c(C#N)c(NCC(C)O)nc(Nc2ccccc2)c1N=Nc1ccc(S(=O)(=O)CCN(CCO)C(C)(C)C)cc1. The van der Waals surface area contributed by atoms with E-state index in [0.717, 1.165) is 5.69 Å². The van der Waals surface area contributed by atoms with Gasteiger partial charge in [-0.15, -0.1) is 5.11 Å². The molecule has 0 saturated carbocycles. The van der Waals surface area contributed by atoms with E-state index < -0.39 is 15.9 Å². The minimum Gasteiger partial charge on any atom is -0.395 e. The van der Waals surface area contributed by atoms with E-state index in [2.05, 4.69) is 31.9 Å². The summed E-state index contributed by atoms with van der Waals surface area (Å²) in [5, 5.41) is 43.9. The number of rotatable bonds is 13. The Morgan fingerprint density at radius 2 is 1.71 bits per heavy atom. The summed E-state index contributed by atoms with van der Waals surface area (Å²) >= 11 is 0. The second-order valence-electron chi connectivity index (χ2n) is 10.9. The molecule has 0 aliphatic carbocycles. The molecule has 0 aliphatic rings. The third-order valence-electron chi connectivity index (χ3n) is 6.54. The van der Waals surface area contributed by atoms with Gasteiger partial charge in [-0.2, -0.15) is 10.4 Å². The van der Waals surface area contributed by atoms with Crippen molar-refractivity contribution in [2.75, 3.05) is 42.6 Å². The summed E-state index contributed by atoms with van der Waals surface area (Å²) in [4.78, 5) is 6.69. The second kappa shape index (κ2) is 14.3. The Labute approximate surface area is 247 Å². The third kappa shape index (κ3) is 8.80. The molecule has 3 rings (SSSR count). The highest BCUT2D eigenvalue weighted by Gasteiger charge is 2.24. The molecule has 11 nitrogen and oxygen atoms in total. The van der Waals surface area contributed by atoms with E-state index in [1.807, 2.05) is 56.0 Å². The zero-order valence-corrected chi connectivity index (χ0v) is 25.5. The van der Waals surface area contributed by atoms with Crippen LogP contribution in [0.3, 0.4) is 0 Å². The lowest BCUT2D eigenvalue weighted by molar-refractivity contribution is 0.113. The van der Waals surface area contributed by atoms with Gasteiger partial charge in [0.15, 0.2) is 15.7 Å². The lowest BCUT2D eigenvalue weighted by Crippen LogP contribution is -2.45. The Bertz CT molecular complexity index is 1510. The lowest BCUT2D eigenvalue weighted by atomic mass is 10.1. The van der Waals surface area contributed by atoms with E-state index in [9.17, 15) is 23.9 Å². The molecule has 0 spiro atoms. The predicted molar refractivity (Wildman–Crippen MR) is 165 cm³/mol. The van der Waals surface area contributed by atoms with Crippen LogP contribution in [0, 0.1) is 18.3 Å². The van der Waals surface area contributed by atoms with Crippen molar-refractivity contribution in [2.45, 2.75) is 51.2 Å². The number of nitrogens with one attached hydrogen (secondary N) is 2. The number of azo groups is 1. The monoisotopic (exact) mass is 593 g/mol. The summed E-state index contributed by atoms with van der Waals surface area (Å²) in [6.07, 6.45) is -0.645. The van der Waals surface area contributed by atoms with Gasteiger partial charge in [-0.3, -0.25) is 4.90 Å². The van der Waals surface area contributed by atoms with Gasteiger partial charge in [0.1, 0.15) is 17.6 Å². The number of pyridine rings is 1. The Morgan fingerprint density at radius 3 is 2.29 bits per heavy atom. The maximum atomic E-state index is 13.0. The Kier molecular flexibility index (Phi) is 11.1. The maximum Gasteiger partial charge on any atom is 0.179 e. The molecule has 2 aromatic carbocycles. The molecule has 0 aliphatic heterocycles. The molecule has 1 atom stereocenters. The zero-order valence-electron chi connectivity index (χ0n) is 24.7. The van der Waals surface area contributed by atoms with Crippen LogP contribution in [-0.4, -0.2) is 72.2 Å². The van der Waals surface area contributed by atoms with Crippen LogP contribution in [0.5, 0.6) is 0 Å². The largest absolute Gasteiger partial charge is 0.395 e. The van der Waals surface area contributed by atoms with E-state index in [1.54, 1.807) is 26.0 Å². The highest BCUT2D eigenvalue weighted by Crippen LogP contribution is 2.36. The van der Waals surface area contributed by atoms with Crippen LogP contribution in [0.1, 0.15) is 38.8 Å². The summed E-state index contributed by atoms with van der Waals surface area (Å²) in [6, 6.07) is 17.6. The predicted octanol–water partition coefficient (Wildman–Crippen LogP) is 5.08. The number of aliphatic hydroxyl groups is 2. The van der Waals surface area contributed by atoms with Crippen LogP contribution in [0.4, 0.5) is 28.7 Å². The van der Waals surface area contributed by atoms with Crippen LogP contribution in [0.25, 0.3) is 0 Å². The lowest BCUT2D eigenvalue weighted by Gasteiger charge is -2.35. The third-order valence-corrected chi connectivity index (χ3v) is 8.25. The van der Waals surface area contributed by atoms with Crippen molar-refractivity contribution in [1.29, 1.82) is 5.26 Å². The van der Waals surface area contributed by atoms with Crippen molar-refractivity contribution >= 4 is 38.5 Å². The number of hydrogen-bond donors (Lipinski definition) is 4. The molecule has 42 heavy (non-hydrogen) atoms. The van der Waals surface area contributed by atoms with Gasteiger partial charge >= 0.3 is 0 Å². The van der Waals surface area contributed by atoms with Crippen LogP contribution in [-0.2, 0) is 9.84 Å². The molecule has 3 aromatic rings. The van der Waals surface area contributed by atoms with Crippen LogP contribution < -0.4 is 10.6 Å². The van der Waals surface area contributed by atoms with Crippen LogP contribution in [0.15, 0.2) is 69.7 Å². The molecule has 1 heterocycles. The maximum absolute atomic E-state index is 13.0. The number of β-amino-alcohol motifs (C(OH)–C–C–N with tert-alkyl or cyclic N) is 1. The van der Waals surface area contributed by atoms with E-state index in [4.69, 9.17) is 0 Å². The van der Waals surface area contributed by atoms with Crippen LogP contribution >= 0.6 is 0 Å². The Hall–Kier alpha value is -3.89. The molecule has 1 unspecified atom stereocenters. The number of anilines is 3. The van der Waals surface area contributed by atoms with Crippen molar-refractivity contribution in [2.24, 2.45) is 10.2 Å². The van der Waals surface area contributed by atoms with Gasteiger partial charge < -0.3 is 20.8 Å². The van der Waals surface area contributed by atoms with E-state index in [-0.39, 0.29) is 34.9 Å². The standard InChI is InChI=1S/C30H39N7O4S/c1-21(39)20-32-28-26(19-31)22(2)27(29(34-28)33-23-9-7-6-8-10-23)36-35-24-11-13-25(14-12-24)42(40,41)18-16-37(15-17-38)30(3,4)5/h6-14,21,38-39H,15-18,20H2,1-5H3,(H2,32,33,34). The molecule has 0 fully saturated rings. The number of benzene rings is 2. The average Bonchev–Trinajstić information content (AvgIpc) is 2.94. The van der Waals surface area contributed by atoms with Crippen molar-refractivity contribution in [3.05, 3.63) is 65.7 Å². The van der Waals surface area contributed by atoms with Gasteiger partial charge in [0.25, 0.3) is 0 Å². The molecular formula is C30H39N7O4S. The molecule has 0 radical (unpaired) electrons. The number of aliphatic hydroxyl groups excluding tert-OH is 2. The number of nitriles is 1. The first kappa shape index (κ1) is 32.6. The topological polar surface area (TPSA) is 163 Å². The van der Waals surface area contributed by atoms with Crippen molar-refractivity contribution < 1.29 is 18.6 Å². The minimum atomic E-state index is -3.57. The molecular weight excluding hydrogens is 554 g/mol. The molecule has 4 N–H and O–H groups in total. The summed E-state index contributed by atoms with van der Waals surface area (Å²) in [5.41, 5.74) is 2.06. The smallest absolute Gasteiger partial charge is 0.179 e. The fraction of sp³-hybridized carbons (Fsp3) is 0.400. The van der Waals surface area contributed by atoms with Gasteiger partial charge in [0.05, 0.1) is 34.6 Å². The number of nitrogens with zero attached hydrogens (tertiary/aromatic N) is 5. The van der Waals surface area contributed by atoms with Crippen molar-refractivity contribution in [3.63, 3.8) is 0 Å². The van der Waals surface area contributed by atoms with E-state index >= 15 is 0 Å². The highest BCUT2D eigenvalue weighted by molar-refractivity contribution is 7.91. The van der Waals surface area contributed by atoms with E-state index in [0.29, 0.717) is 41.7 Å². The normalized spacial score (nSPS) is 12.8. The Morgan fingerprint density at radius 1 is 1.05 bits per heavy atom. The van der Waals surface area contributed by atoms with Crippen LogP contribution in [0.2, 0.25) is 0 Å². The fourth-order valence-electron chi connectivity index (χ4n) is 4.15. The summed E-state index contributed by atoms with van der Waals surface area (Å²) in [5.74, 6) is 0.587. The zero-order chi connectivity index (χ0) is 30.9. The number of sulfone groups is 1. The van der Waals surface area contributed by atoms with Gasteiger partial charge in [-0.05, 0) is 71.0 Å². The quantitative estimate of drug-likeness (QED) is 0.198. The molecule has 0 saturated heterocycles. The minimum absolute atomic E-state index is 0.0500. The average molecular weight is 594 g/mol. The van der Waals surface area contributed by atoms with Crippen molar-refractivity contribution in [1.82, 2.24) is 9.88 Å². The van der Waals surface area contributed by atoms with Gasteiger partial charge in [0, 0.05) is 36.4 Å².